The molecule has 1 aromatic rings. The van der Waals surface area contributed by atoms with Crippen LogP contribution in [0.2, 0.25) is 5.02 Å². The molecule has 0 bridgehead atoms. The van der Waals surface area contributed by atoms with Crippen LogP contribution in [0.15, 0.2) is 24.3 Å². The van der Waals surface area contributed by atoms with Gasteiger partial charge in [-0.3, -0.25) is 4.79 Å². The monoisotopic (exact) mass is 227 g/mol. The van der Waals surface area contributed by atoms with Crippen LogP contribution in [-0.4, -0.2) is 17.1 Å². The van der Waals surface area contributed by atoms with E-state index < -0.39 is 12.0 Å². The lowest BCUT2D eigenvalue weighted by Gasteiger charge is -2.14. The fourth-order valence-corrected chi connectivity index (χ4v) is 1.18. The molecule has 3 nitrogen and oxygen atoms in total. The van der Waals surface area contributed by atoms with Gasteiger partial charge in [0.15, 0.2) is 0 Å². The molecule has 1 atom stereocenters. The SMILES string of the molecule is CC(C)C(O)C(=O)Nc1ccc(Cl)cc1. The van der Waals surface area contributed by atoms with E-state index in [2.05, 4.69) is 5.32 Å². The van der Waals surface area contributed by atoms with E-state index in [1.807, 2.05) is 0 Å². The second-order valence-electron chi connectivity index (χ2n) is 3.68. The van der Waals surface area contributed by atoms with E-state index in [0.29, 0.717) is 10.7 Å². The van der Waals surface area contributed by atoms with Crippen molar-refractivity contribution in [1.82, 2.24) is 0 Å². The molecule has 1 amide bonds. The molecule has 15 heavy (non-hydrogen) atoms. The maximum absolute atomic E-state index is 11.4. The second-order valence-corrected chi connectivity index (χ2v) is 4.12. The molecule has 82 valence electrons. The highest BCUT2D eigenvalue weighted by molar-refractivity contribution is 6.30. The average Bonchev–Trinajstić information content (AvgIpc) is 2.20. The number of benzene rings is 1. The average molecular weight is 228 g/mol. The van der Waals surface area contributed by atoms with Crippen molar-refractivity contribution < 1.29 is 9.90 Å². The van der Waals surface area contributed by atoms with Crippen LogP contribution in [0.4, 0.5) is 5.69 Å². The number of hydrogen-bond donors (Lipinski definition) is 2. The van der Waals surface area contributed by atoms with Gasteiger partial charge in [0.2, 0.25) is 0 Å². The Hall–Kier alpha value is -1.06. The smallest absolute Gasteiger partial charge is 0.253 e. The summed E-state index contributed by atoms with van der Waals surface area (Å²) >= 11 is 5.70. The Bertz CT molecular complexity index is 335. The Balaban J connectivity index is 2.62. The molecule has 0 fully saturated rings. The molecule has 1 rings (SSSR count). The largest absolute Gasteiger partial charge is 0.383 e. The van der Waals surface area contributed by atoms with Crippen molar-refractivity contribution in [1.29, 1.82) is 0 Å². The minimum Gasteiger partial charge on any atom is -0.383 e. The Labute approximate surface area is 94.1 Å². The van der Waals surface area contributed by atoms with E-state index in [0.717, 1.165) is 0 Å². The third kappa shape index (κ3) is 3.53. The normalized spacial score (nSPS) is 12.6. The topological polar surface area (TPSA) is 49.3 Å². The molecule has 0 spiro atoms. The summed E-state index contributed by atoms with van der Waals surface area (Å²) in [6.07, 6.45) is -0.985. The van der Waals surface area contributed by atoms with Crippen LogP contribution in [0.1, 0.15) is 13.8 Å². The van der Waals surface area contributed by atoms with Crippen LogP contribution in [0.5, 0.6) is 0 Å². The van der Waals surface area contributed by atoms with E-state index in [-0.39, 0.29) is 5.92 Å². The van der Waals surface area contributed by atoms with Gasteiger partial charge in [-0.2, -0.15) is 0 Å². The van der Waals surface area contributed by atoms with Crippen LogP contribution in [0.25, 0.3) is 0 Å². The van der Waals surface area contributed by atoms with E-state index in [1.54, 1.807) is 38.1 Å². The molecule has 0 saturated heterocycles. The number of anilines is 1. The third-order valence-electron chi connectivity index (χ3n) is 2.01. The summed E-state index contributed by atoms with van der Waals surface area (Å²) < 4.78 is 0. The van der Waals surface area contributed by atoms with Gasteiger partial charge in [0.1, 0.15) is 6.10 Å². The van der Waals surface area contributed by atoms with Crippen LogP contribution >= 0.6 is 11.6 Å². The fourth-order valence-electron chi connectivity index (χ4n) is 1.05. The molecular weight excluding hydrogens is 214 g/mol. The molecule has 0 aromatic heterocycles. The Kier molecular flexibility index (Phi) is 4.12. The second kappa shape index (κ2) is 5.14. The Morgan fingerprint density at radius 1 is 1.33 bits per heavy atom. The van der Waals surface area contributed by atoms with Crippen LogP contribution in [0, 0.1) is 5.92 Å². The molecule has 0 saturated carbocycles. The highest BCUT2D eigenvalue weighted by atomic mass is 35.5. The zero-order chi connectivity index (χ0) is 11.4. The van der Waals surface area contributed by atoms with E-state index >= 15 is 0 Å². The first-order valence-corrected chi connectivity index (χ1v) is 5.13. The van der Waals surface area contributed by atoms with Gasteiger partial charge < -0.3 is 10.4 Å². The summed E-state index contributed by atoms with van der Waals surface area (Å²) in [4.78, 5) is 11.4. The predicted octanol–water partition coefficient (Wildman–Crippen LogP) is 2.30. The number of carbonyl (C=O) groups is 1. The van der Waals surface area contributed by atoms with Crippen molar-refractivity contribution >= 4 is 23.2 Å². The van der Waals surface area contributed by atoms with Crippen LogP contribution in [-0.2, 0) is 4.79 Å². The number of aliphatic hydroxyl groups is 1. The highest BCUT2D eigenvalue weighted by Crippen LogP contribution is 2.14. The first kappa shape index (κ1) is 12.0. The molecule has 0 aliphatic rings. The van der Waals surface area contributed by atoms with Gasteiger partial charge >= 0.3 is 0 Å². The van der Waals surface area contributed by atoms with Crippen molar-refractivity contribution in [2.24, 2.45) is 5.92 Å². The lowest BCUT2D eigenvalue weighted by atomic mass is 10.1. The standard InChI is InChI=1S/C11H14ClNO2/c1-7(2)10(14)11(15)13-9-5-3-8(12)4-6-9/h3-7,10,14H,1-2H3,(H,13,15). The Morgan fingerprint density at radius 3 is 2.33 bits per heavy atom. The van der Waals surface area contributed by atoms with E-state index in [9.17, 15) is 9.90 Å². The summed E-state index contributed by atoms with van der Waals surface area (Å²) in [5.41, 5.74) is 0.629. The zero-order valence-electron chi connectivity index (χ0n) is 8.70. The van der Waals surface area contributed by atoms with Gasteiger partial charge in [0.25, 0.3) is 5.91 Å². The molecule has 0 heterocycles. The van der Waals surface area contributed by atoms with Crippen molar-refractivity contribution in [3.8, 4) is 0 Å². The first-order chi connectivity index (χ1) is 7.00. The van der Waals surface area contributed by atoms with Crippen molar-refractivity contribution in [3.63, 3.8) is 0 Å². The lowest BCUT2D eigenvalue weighted by Crippen LogP contribution is -2.31. The van der Waals surface area contributed by atoms with Gasteiger partial charge in [-0.1, -0.05) is 25.4 Å². The summed E-state index contributed by atoms with van der Waals surface area (Å²) in [6.45, 7) is 3.57. The van der Waals surface area contributed by atoms with Gasteiger partial charge in [-0.15, -0.1) is 0 Å². The minimum absolute atomic E-state index is 0.0997. The van der Waals surface area contributed by atoms with Crippen molar-refractivity contribution in [3.05, 3.63) is 29.3 Å². The summed E-state index contributed by atoms with van der Waals surface area (Å²) in [5, 5.41) is 12.7. The molecule has 4 heteroatoms. The maximum Gasteiger partial charge on any atom is 0.253 e. The zero-order valence-corrected chi connectivity index (χ0v) is 9.45. The number of nitrogens with one attached hydrogen (secondary N) is 1. The summed E-state index contributed by atoms with van der Waals surface area (Å²) in [5.74, 6) is -0.496. The molecule has 0 radical (unpaired) electrons. The van der Waals surface area contributed by atoms with Crippen molar-refractivity contribution in [2.75, 3.05) is 5.32 Å². The molecular formula is C11H14ClNO2. The number of aliphatic hydroxyl groups excluding tert-OH is 1. The van der Waals surface area contributed by atoms with E-state index in [4.69, 9.17) is 11.6 Å². The number of halogens is 1. The van der Waals surface area contributed by atoms with Gasteiger partial charge in [-0.25, -0.2) is 0 Å². The molecule has 0 aliphatic carbocycles. The van der Waals surface area contributed by atoms with Crippen molar-refractivity contribution in [2.45, 2.75) is 20.0 Å². The Morgan fingerprint density at radius 2 is 1.87 bits per heavy atom. The molecule has 1 aromatic carbocycles. The maximum atomic E-state index is 11.4. The summed E-state index contributed by atoms with van der Waals surface area (Å²) in [6, 6.07) is 6.73. The number of hydrogen-bond acceptors (Lipinski definition) is 2. The number of amides is 1. The molecule has 0 aliphatic heterocycles. The number of carbonyl (C=O) groups excluding carboxylic acids is 1. The van der Waals surface area contributed by atoms with Crippen LogP contribution in [0.3, 0.4) is 0 Å². The minimum atomic E-state index is -0.985. The molecule has 1 unspecified atom stereocenters. The van der Waals surface area contributed by atoms with Gasteiger partial charge in [-0.05, 0) is 30.2 Å². The fraction of sp³-hybridized carbons (Fsp3) is 0.364. The van der Waals surface area contributed by atoms with E-state index in [1.165, 1.54) is 0 Å². The first-order valence-electron chi connectivity index (χ1n) is 4.75. The lowest BCUT2D eigenvalue weighted by molar-refractivity contribution is -0.125. The van der Waals surface area contributed by atoms with Gasteiger partial charge in [0.05, 0.1) is 0 Å². The highest BCUT2D eigenvalue weighted by Gasteiger charge is 2.18. The predicted molar refractivity (Wildman–Crippen MR) is 60.9 cm³/mol. The summed E-state index contributed by atoms with van der Waals surface area (Å²) in [7, 11) is 0. The van der Waals surface area contributed by atoms with Crippen LogP contribution < -0.4 is 5.32 Å². The number of rotatable bonds is 3. The van der Waals surface area contributed by atoms with Gasteiger partial charge in [0, 0.05) is 10.7 Å². The molecule has 2 N–H and O–H groups in total. The third-order valence-corrected chi connectivity index (χ3v) is 2.26. The quantitative estimate of drug-likeness (QED) is 0.833.